The summed E-state index contributed by atoms with van der Waals surface area (Å²) in [5.74, 6) is 1.44. The van der Waals surface area contributed by atoms with Gasteiger partial charge in [-0.25, -0.2) is 0 Å². The average Bonchev–Trinajstić information content (AvgIpc) is 2.59. The van der Waals surface area contributed by atoms with E-state index in [9.17, 15) is 0 Å². The van der Waals surface area contributed by atoms with Gasteiger partial charge in [0, 0.05) is 18.8 Å². The zero-order valence-electron chi connectivity index (χ0n) is 10.6. The molecule has 16 heavy (non-hydrogen) atoms. The monoisotopic (exact) mass is 221 g/mol. The average molecular weight is 221 g/mol. The van der Waals surface area contributed by atoms with Gasteiger partial charge in [0.1, 0.15) is 0 Å². The van der Waals surface area contributed by atoms with Crippen molar-refractivity contribution in [1.82, 2.24) is 9.78 Å². The number of hydrogen-bond acceptors (Lipinski definition) is 2. The smallest absolute Gasteiger partial charge is 0.0522 e. The van der Waals surface area contributed by atoms with Gasteiger partial charge in [-0.15, -0.1) is 0 Å². The fourth-order valence-corrected chi connectivity index (χ4v) is 2.92. The van der Waals surface area contributed by atoms with Gasteiger partial charge in [0.05, 0.1) is 6.20 Å². The maximum absolute atomic E-state index is 6.57. The molecule has 2 N–H and O–H groups in total. The molecule has 1 saturated carbocycles. The minimum Gasteiger partial charge on any atom is -0.325 e. The molecule has 0 spiro atoms. The van der Waals surface area contributed by atoms with Gasteiger partial charge >= 0.3 is 0 Å². The summed E-state index contributed by atoms with van der Waals surface area (Å²) >= 11 is 0. The van der Waals surface area contributed by atoms with Crippen molar-refractivity contribution in [1.29, 1.82) is 0 Å². The zero-order chi connectivity index (χ0) is 11.8. The van der Waals surface area contributed by atoms with Gasteiger partial charge in [0.15, 0.2) is 0 Å². The molecule has 0 bridgehead atoms. The lowest BCUT2D eigenvalue weighted by molar-refractivity contribution is 0.163. The molecule has 2 rings (SSSR count). The van der Waals surface area contributed by atoms with Crippen molar-refractivity contribution in [2.75, 3.05) is 0 Å². The van der Waals surface area contributed by atoms with Gasteiger partial charge < -0.3 is 5.73 Å². The molecule has 3 nitrogen and oxygen atoms in total. The van der Waals surface area contributed by atoms with Gasteiger partial charge in [-0.1, -0.05) is 13.8 Å². The van der Waals surface area contributed by atoms with Gasteiger partial charge in [0.25, 0.3) is 0 Å². The van der Waals surface area contributed by atoms with Crippen LogP contribution in [0.25, 0.3) is 0 Å². The van der Waals surface area contributed by atoms with E-state index in [1.807, 2.05) is 17.9 Å². The molecule has 3 atom stereocenters. The SMILES string of the molecule is CC1CCC(N)(Cc2cnn(C)c2)C(C)C1. The summed E-state index contributed by atoms with van der Waals surface area (Å²) < 4.78 is 1.86. The minimum absolute atomic E-state index is 0.0183. The minimum atomic E-state index is -0.0183. The Morgan fingerprint density at radius 1 is 1.56 bits per heavy atom. The van der Waals surface area contributed by atoms with Crippen LogP contribution in [0.2, 0.25) is 0 Å². The second-order valence-corrected chi connectivity index (χ2v) is 5.71. The first-order valence-corrected chi connectivity index (χ1v) is 6.26. The van der Waals surface area contributed by atoms with Crippen LogP contribution in [0.1, 0.15) is 38.7 Å². The summed E-state index contributed by atoms with van der Waals surface area (Å²) in [5, 5.41) is 4.21. The quantitative estimate of drug-likeness (QED) is 0.831. The number of aryl methyl sites for hydroxylation is 1. The largest absolute Gasteiger partial charge is 0.325 e. The predicted octanol–water partition coefficient (Wildman–Crippen LogP) is 2.12. The van der Waals surface area contributed by atoms with Crippen LogP contribution in [0.4, 0.5) is 0 Å². The molecule has 0 saturated heterocycles. The van der Waals surface area contributed by atoms with Crippen LogP contribution in [-0.2, 0) is 13.5 Å². The lowest BCUT2D eigenvalue weighted by Crippen LogP contribution is -2.51. The third-order valence-electron chi connectivity index (χ3n) is 4.13. The molecule has 0 radical (unpaired) electrons. The van der Waals surface area contributed by atoms with Crippen LogP contribution >= 0.6 is 0 Å². The van der Waals surface area contributed by atoms with Crippen LogP contribution < -0.4 is 5.73 Å². The van der Waals surface area contributed by atoms with Crippen LogP contribution in [0.5, 0.6) is 0 Å². The Kier molecular flexibility index (Phi) is 3.06. The van der Waals surface area contributed by atoms with Crippen molar-refractivity contribution < 1.29 is 0 Å². The van der Waals surface area contributed by atoms with E-state index in [1.165, 1.54) is 18.4 Å². The van der Waals surface area contributed by atoms with Crippen molar-refractivity contribution in [3.63, 3.8) is 0 Å². The molecule has 1 heterocycles. The lowest BCUT2D eigenvalue weighted by atomic mass is 9.68. The summed E-state index contributed by atoms with van der Waals surface area (Å²) in [6.07, 6.45) is 8.66. The highest BCUT2D eigenvalue weighted by atomic mass is 15.2. The summed E-state index contributed by atoms with van der Waals surface area (Å²) in [7, 11) is 1.96. The molecule has 1 aliphatic rings. The van der Waals surface area contributed by atoms with Gasteiger partial charge in [-0.2, -0.15) is 5.10 Å². The standard InChI is InChI=1S/C13H23N3/c1-10-4-5-13(14,11(2)6-10)7-12-8-15-16(3)9-12/h8-11H,4-7,14H2,1-3H3. The van der Waals surface area contributed by atoms with Crippen LogP contribution in [0.15, 0.2) is 12.4 Å². The van der Waals surface area contributed by atoms with E-state index in [2.05, 4.69) is 25.1 Å². The molecule has 0 amide bonds. The molecule has 3 unspecified atom stereocenters. The Balaban J connectivity index is 2.07. The van der Waals surface area contributed by atoms with Crippen molar-refractivity contribution in [3.05, 3.63) is 18.0 Å². The molecule has 3 heteroatoms. The highest BCUT2D eigenvalue weighted by molar-refractivity contribution is 5.11. The molecule has 0 aliphatic heterocycles. The zero-order valence-corrected chi connectivity index (χ0v) is 10.6. The molecule has 1 aromatic rings. The lowest BCUT2D eigenvalue weighted by Gasteiger charge is -2.42. The fourth-order valence-electron chi connectivity index (χ4n) is 2.92. The van der Waals surface area contributed by atoms with E-state index in [1.54, 1.807) is 0 Å². The van der Waals surface area contributed by atoms with Gasteiger partial charge in [-0.3, -0.25) is 4.68 Å². The Hall–Kier alpha value is -0.830. The summed E-state index contributed by atoms with van der Waals surface area (Å²) in [4.78, 5) is 0. The Labute approximate surface area is 98.0 Å². The molecular weight excluding hydrogens is 198 g/mol. The van der Waals surface area contributed by atoms with Gasteiger partial charge in [-0.05, 0) is 43.1 Å². The molecule has 90 valence electrons. The van der Waals surface area contributed by atoms with Crippen molar-refractivity contribution in [2.24, 2.45) is 24.6 Å². The number of hydrogen-bond donors (Lipinski definition) is 1. The maximum atomic E-state index is 6.57. The van der Waals surface area contributed by atoms with Gasteiger partial charge in [0.2, 0.25) is 0 Å². The summed E-state index contributed by atoms with van der Waals surface area (Å²) in [6, 6.07) is 0. The Bertz CT molecular complexity index is 358. The van der Waals surface area contributed by atoms with Crippen LogP contribution in [0, 0.1) is 11.8 Å². The van der Waals surface area contributed by atoms with E-state index < -0.39 is 0 Å². The second-order valence-electron chi connectivity index (χ2n) is 5.71. The van der Waals surface area contributed by atoms with E-state index in [0.717, 1.165) is 18.8 Å². The molecular formula is C13H23N3. The number of nitrogens with zero attached hydrogens (tertiary/aromatic N) is 2. The van der Waals surface area contributed by atoms with Crippen molar-refractivity contribution in [3.8, 4) is 0 Å². The highest BCUT2D eigenvalue weighted by Crippen LogP contribution is 2.36. The maximum Gasteiger partial charge on any atom is 0.0522 e. The van der Waals surface area contributed by atoms with Crippen LogP contribution in [-0.4, -0.2) is 15.3 Å². The predicted molar refractivity (Wildman–Crippen MR) is 66.0 cm³/mol. The normalized spacial score (nSPS) is 35.2. The van der Waals surface area contributed by atoms with E-state index in [0.29, 0.717) is 5.92 Å². The van der Waals surface area contributed by atoms with Crippen LogP contribution in [0.3, 0.4) is 0 Å². The summed E-state index contributed by atoms with van der Waals surface area (Å²) in [6.45, 7) is 4.63. The third kappa shape index (κ3) is 2.29. The topological polar surface area (TPSA) is 43.8 Å². The molecule has 0 aromatic carbocycles. The fraction of sp³-hybridized carbons (Fsp3) is 0.769. The van der Waals surface area contributed by atoms with Crippen molar-refractivity contribution >= 4 is 0 Å². The van der Waals surface area contributed by atoms with E-state index >= 15 is 0 Å². The molecule has 1 aromatic heterocycles. The number of aromatic nitrogens is 2. The first-order valence-electron chi connectivity index (χ1n) is 6.26. The Morgan fingerprint density at radius 3 is 2.88 bits per heavy atom. The first-order chi connectivity index (χ1) is 7.49. The Morgan fingerprint density at radius 2 is 2.31 bits per heavy atom. The van der Waals surface area contributed by atoms with E-state index in [-0.39, 0.29) is 5.54 Å². The van der Waals surface area contributed by atoms with E-state index in [4.69, 9.17) is 5.73 Å². The molecule has 1 fully saturated rings. The number of rotatable bonds is 2. The third-order valence-corrected chi connectivity index (χ3v) is 4.13. The first kappa shape index (κ1) is 11.6. The highest BCUT2D eigenvalue weighted by Gasteiger charge is 2.36. The van der Waals surface area contributed by atoms with Crippen molar-refractivity contribution in [2.45, 2.75) is 45.1 Å². The molecule has 1 aliphatic carbocycles. The summed E-state index contributed by atoms with van der Waals surface area (Å²) in [5.41, 5.74) is 7.82. The number of nitrogens with two attached hydrogens (primary N) is 1. The second kappa shape index (κ2) is 4.21.